The monoisotopic (exact) mass is 412 g/mol. The van der Waals surface area contributed by atoms with Gasteiger partial charge in [0, 0.05) is 12.0 Å². The number of carbonyl (C=O) groups is 2. The second kappa shape index (κ2) is 13.5. The molecule has 0 unspecified atom stereocenters. The summed E-state index contributed by atoms with van der Waals surface area (Å²) in [6, 6.07) is 0.237. The molecule has 166 valence electrons. The van der Waals surface area contributed by atoms with Crippen molar-refractivity contribution in [2.45, 2.75) is 133 Å². The first-order valence-corrected chi connectivity index (χ1v) is 13.0. The van der Waals surface area contributed by atoms with Crippen molar-refractivity contribution in [1.29, 1.82) is 0 Å². The van der Waals surface area contributed by atoms with E-state index in [2.05, 4.69) is 18.0 Å². The maximum absolute atomic E-state index is 12.6. The van der Waals surface area contributed by atoms with E-state index in [1.807, 2.05) is 7.28 Å². The van der Waals surface area contributed by atoms with Crippen molar-refractivity contribution < 1.29 is 9.59 Å². The molecule has 3 rings (SSSR count). The molecule has 3 fully saturated rings. The highest BCUT2D eigenvalue weighted by molar-refractivity contribution is 6.74. The average Bonchev–Trinajstić information content (AvgIpc) is 2.69. The fourth-order valence-electron chi connectivity index (χ4n) is 5.59. The second-order valence-electron chi connectivity index (χ2n) is 10.1. The Morgan fingerprint density at radius 2 is 1.10 bits per heavy atom. The van der Waals surface area contributed by atoms with Crippen LogP contribution in [0.2, 0.25) is 11.6 Å². The highest BCUT2D eigenvalue weighted by Crippen LogP contribution is 2.28. The zero-order valence-corrected chi connectivity index (χ0v) is 19.0. The van der Waals surface area contributed by atoms with Crippen molar-refractivity contribution in [2.75, 3.05) is 0 Å². The molecule has 0 spiro atoms. The lowest BCUT2D eigenvalue weighted by atomic mass is 9.59. The Bertz CT molecular complexity index is 507. The van der Waals surface area contributed by atoms with Crippen LogP contribution >= 0.6 is 0 Å². The predicted molar refractivity (Wildman–Crippen MR) is 126 cm³/mol. The average molecular weight is 412 g/mol. The van der Waals surface area contributed by atoms with E-state index >= 15 is 0 Å². The molecule has 3 aliphatic carbocycles. The Morgan fingerprint density at radius 3 is 1.67 bits per heavy atom. The smallest absolute Gasteiger partial charge is 0.249 e. The fourth-order valence-corrected chi connectivity index (χ4v) is 5.59. The molecule has 30 heavy (non-hydrogen) atoms. The van der Waals surface area contributed by atoms with Gasteiger partial charge in [-0.25, -0.2) is 0 Å². The maximum Gasteiger partial charge on any atom is 0.249 e. The summed E-state index contributed by atoms with van der Waals surface area (Å²) in [5, 5.41) is 6.36. The van der Waals surface area contributed by atoms with Crippen molar-refractivity contribution in [3.8, 4) is 0 Å². The van der Waals surface area contributed by atoms with Gasteiger partial charge in [0.15, 0.2) is 5.81 Å². The minimum atomic E-state index is 0.109. The molecule has 0 aliphatic heterocycles. The summed E-state index contributed by atoms with van der Waals surface area (Å²) in [6.07, 6.45) is 21.5. The third-order valence-electron chi connectivity index (χ3n) is 7.59. The van der Waals surface area contributed by atoms with Crippen LogP contribution in [-0.2, 0) is 4.79 Å². The van der Waals surface area contributed by atoms with E-state index in [-0.39, 0.29) is 23.7 Å². The summed E-state index contributed by atoms with van der Waals surface area (Å²) >= 11 is 0. The van der Waals surface area contributed by atoms with Gasteiger partial charge in [0.25, 0.3) is 0 Å². The van der Waals surface area contributed by atoms with E-state index in [9.17, 15) is 9.59 Å². The van der Waals surface area contributed by atoms with Gasteiger partial charge in [-0.3, -0.25) is 9.59 Å². The molecular weight excluding hydrogens is 370 g/mol. The number of amides is 2. The summed E-state index contributed by atoms with van der Waals surface area (Å²) in [5.41, 5.74) is 0. The van der Waals surface area contributed by atoms with Gasteiger partial charge in [-0.1, -0.05) is 95.7 Å². The maximum atomic E-state index is 12.6. The van der Waals surface area contributed by atoms with Crippen LogP contribution in [0, 0.1) is 5.92 Å². The number of hydrogen-bond donors (Lipinski definition) is 2. The number of rotatable bonds is 6. The van der Waals surface area contributed by atoms with Crippen LogP contribution in [0.3, 0.4) is 0 Å². The first-order valence-electron chi connectivity index (χ1n) is 13.0. The van der Waals surface area contributed by atoms with Crippen LogP contribution in [0.15, 0.2) is 0 Å². The van der Waals surface area contributed by atoms with Crippen molar-refractivity contribution in [2.24, 2.45) is 5.92 Å². The first-order chi connectivity index (χ1) is 14.7. The summed E-state index contributed by atoms with van der Waals surface area (Å²) in [6.45, 7) is 0. The van der Waals surface area contributed by atoms with Gasteiger partial charge in [0.05, 0.1) is 0 Å². The Kier molecular flexibility index (Phi) is 10.7. The second-order valence-corrected chi connectivity index (χ2v) is 10.1. The highest BCUT2D eigenvalue weighted by atomic mass is 16.2. The van der Waals surface area contributed by atoms with E-state index in [1.165, 1.54) is 77.0 Å². The molecule has 0 saturated heterocycles. The van der Waals surface area contributed by atoms with Gasteiger partial charge in [-0.05, 0) is 31.5 Å². The Morgan fingerprint density at radius 1 is 0.600 bits per heavy atom. The van der Waals surface area contributed by atoms with E-state index in [4.69, 9.17) is 0 Å². The molecule has 4 nitrogen and oxygen atoms in total. The highest BCUT2D eigenvalue weighted by Gasteiger charge is 2.28. The number of hydrogen-bond acceptors (Lipinski definition) is 2. The Hall–Kier alpha value is -0.930. The molecule has 0 aromatic heterocycles. The van der Waals surface area contributed by atoms with Crippen molar-refractivity contribution in [1.82, 2.24) is 10.5 Å². The molecule has 3 saturated carbocycles. The van der Waals surface area contributed by atoms with Gasteiger partial charge in [-0.2, -0.15) is 0 Å². The Labute approximate surface area is 186 Å². The molecule has 0 aromatic rings. The minimum Gasteiger partial charge on any atom is -0.403 e. The van der Waals surface area contributed by atoms with Crippen molar-refractivity contribution in [3.05, 3.63) is 0 Å². The van der Waals surface area contributed by atoms with Crippen LogP contribution < -0.4 is 10.5 Å². The van der Waals surface area contributed by atoms with Crippen LogP contribution in [-0.4, -0.2) is 32.4 Å². The normalized spacial score (nSPS) is 27.6. The standard InChI is InChI=1S/C24H42B2N2O2/c29-23(28-26-21-13-9-5-2-6-10-14-21)19-15-17-22(18-16-19)27-24(30)25-20-11-7-3-1-4-8-12-20/h19-22H,1-18H2,(H,27,30)(H,28,29). The zero-order valence-electron chi connectivity index (χ0n) is 19.0. The molecule has 0 heterocycles. The zero-order chi connectivity index (χ0) is 21.0. The summed E-state index contributed by atoms with van der Waals surface area (Å²) in [4.78, 5) is 25.1. The largest absolute Gasteiger partial charge is 0.403 e. The molecule has 2 N–H and O–H groups in total. The van der Waals surface area contributed by atoms with Gasteiger partial charge in [0.1, 0.15) is 0 Å². The number of carbonyl (C=O) groups excluding carboxylic acids is 2. The molecule has 2 amide bonds. The van der Waals surface area contributed by atoms with Crippen LogP contribution in [0.1, 0.15) is 116 Å². The van der Waals surface area contributed by atoms with E-state index in [1.54, 1.807) is 0 Å². The van der Waals surface area contributed by atoms with Gasteiger partial charge in [0.2, 0.25) is 20.6 Å². The van der Waals surface area contributed by atoms with Crippen LogP contribution in [0.5, 0.6) is 0 Å². The summed E-state index contributed by atoms with van der Waals surface area (Å²) < 4.78 is 0. The molecule has 0 atom stereocenters. The molecular formula is C24H42B2N2O2. The molecule has 0 bridgehead atoms. The van der Waals surface area contributed by atoms with Crippen LogP contribution in [0.25, 0.3) is 0 Å². The third kappa shape index (κ3) is 8.67. The van der Waals surface area contributed by atoms with E-state index < -0.39 is 0 Å². The summed E-state index contributed by atoms with van der Waals surface area (Å²) in [7, 11) is 4.04. The lowest BCUT2D eigenvalue weighted by Gasteiger charge is -2.29. The first kappa shape index (κ1) is 23.7. The molecule has 3 aliphatic rings. The van der Waals surface area contributed by atoms with Gasteiger partial charge < -0.3 is 10.5 Å². The van der Waals surface area contributed by atoms with E-state index in [0.717, 1.165) is 38.5 Å². The van der Waals surface area contributed by atoms with E-state index in [0.29, 0.717) is 11.6 Å². The summed E-state index contributed by atoms with van der Waals surface area (Å²) in [5.74, 6) is 1.43. The molecule has 2 radical (unpaired) electrons. The third-order valence-corrected chi connectivity index (χ3v) is 7.59. The van der Waals surface area contributed by atoms with Gasteiger partial charge >= 0.3 is 0 Å². The topological polar surface area (TPSA) is 58.2 Å². The van der Waals surface area contributed by atoms with Crippen molar-refractivity contribution in [3.63, 3.8) is 0 Å². The van der Waals surface area contributed by atoms with Crippen molar-refractivity contribution >= 4 is 26.4 Å². The lowest BCUT2D eigenvalue weighted by Crippen LogP contribution is -2.43. The lowest BCUT2D eigenvalue weighted by molar-refractivity contribution is -0.124. The molecule has 0 aromatic carbocycles. The SMILES string of the molecule is O=C([B]C1CCCCCCC1)NC1CCC(C(=O)N[B]C2CCCCCCC2)CC1. The number of nitrogens with one attached hydrogen (secondary N) is 2. The molecule has 6 heteroatoms. The quantitative estimate of drug-likeness (QED) is 0.545. The fraction of sp³-hybridized carbons (Fsp3) is 0.917. The Balaban J connectivity index is 1.30. The predicted octanol–water partition coefficient (Wildman–Crippen LogP) is 5.76. The van der Waals surface area contributed by atoms with Crippen LogP contribution in [0.4, 0.5) is 4.79 Å². The minimum absolute atomic E-state index is 0.109. The van der Waals surface area contributed by atoms with Gasteiger partial charge in [-0.15, -0.1) is 0 Å².